The first-order chi connectivity index (χ1) is 17.3. The molecule has 0 radical (unpaired) electrons. The fourth-order valence-corrected chi connectivity index (χ4v) is 4.57. The van der Waals surface area contributed by atoms with E-state index >= 15 is 0 Å². The van der Waals surface area contributed by atoms with Crippen LogP contribution in [0, 0.1) is 10.1 Å². The molecule has 1 fully saturated rings. The smallest absolute Gasteiger partial charge is 0.269 e. The molecular weight excluding hydrogens is 464 g/mol. The van der Waals surface area contributed by atoms with Crippen molar-refractivity contribution in [1.82, 2.24) is 15.6 Å². The van der Waals surface area contributed by atoms with Gasteiger partial charge in [-0.25, -0.2) is 4.98 Å². The third-order valence-electron chi connectivity index (χ3n) is 6.54. The zero-order chi connectivity index (χ0) is 25.7. The molecule has 10 nitrogen and oxygen atoms in total. The minimum atomic E-state index is -1.19. The van der Waals surface area contributed by atoms with Crippen LogP contribution in [0.3, 0.4) is 0 Å². The molecule has 10 heteroatoms. The number of benzene rings is 2. The molecule has 1 saturated carbocycles. The number of nitrogens with zero attached hydrogens (tertiary/aromatic N) is 2. The first-order valence-corrected chi connectivity index (χ1v) is 12.1. The van der Waals surface area contributed by atoms with Gasteiger partial charge in [0.2, 0.25) is 11.7 Å². The Morgan fingerprint density at radius 2 is 1.78 bits per heavy atom. The number of carbonyl (C=O) groups is 3. The largest absolute Gasteiger partial charge is 0.434 e. The molecule has 1 heterocycles. The summed E-state index contributed by atoms with van der Waals surface area (Å²) in [5.74, 6) is -1.42. The van der Waals surface area contributed by atoms with Crippen LogP contribution in [0.4, 0.5) is 5.69 Å². The van der Waals surface area contributed by atoms with Crippen molar-refractivity contribution < 1.29 is 23.7 Å². The van der Waals surface area contributed by atoms with Gasteiger partial charge in [0, 0.05) is 17.7 Å². The van der Waals surface area contributed by atoms with Gasteiger partial charge in [-0.05, 0) is 43.5 Å². The number of fused-ring (bicyclic) bond motifs is 1. The summed E-state index contributed by atoms with van der Waals surface area (Å²) < 4.78 is 5.63. The van der Waals surface area contributed by atoms with E-state index in [0.29, 0.717) is 36.8 Å². The van der Waals surface area contributed by atoms with Crippen LogP contribution in [0.15, 0.2) is 52.9 Å². The highest BCUT2D eigenvalue weighted by Crippen LogP contribution is 2.30. The summed E-state index contributed by atoms with van der Waals surface area (Å²) in [4.78, 5) is 54.5. The number of nitro groups is 1. The Hall–Kier alpha value is -4.08. The van der Waals surface area contributed by atoms with Crippen LogP contribution in [0.25, 0.3) is 11.1 Å². The fourth-order valence-electron chi connectivity index (χ4n) is 4.57. The average molecular weight is 493 g/mol. The van der Waals surface area contributed by atoms with Crippen molar-refractivity contribution in [3.63, 3.8) is 0 Å². The highest BCUT2D eigenvalue weighted by molar-refractivity contribution is 6.03. The Labute approximate surface area is 207 Å². The summed E-state index contributed by atoms with van der Waals surface area (Å²) >= 11 is 0. The number of non-ortho nitro benzene ring substituents is 1. The van der Waals surface area contributed by atoms with Crippen molar-refractivity contribution in [2.24, 2.45) is 0 Å². The fraction of sp³-hybridized carbons (Fsp3) is 0.385. The molecule has 1 aromatic heterocycles. The lowest BCUT2D eigenvalue weighted by Gasteiger charge is -2.37. The normalized spacial score (nSPS) is 15.7. The summed E-state index contributed by atoms with van der Waals surface area (Å²) in [5, 5.41) is 16.6. The number of hydrogen-bond acceptors (Lipinski definition) is 7. The number of Topliss-reactive ketones (excluding diaryl/α,β-unsaturated/α-hetero) is 1. The van der Waals surface area contributed by atoms with Crippen LogP contribution < -0.4 is 10.6 Å². The first-order valence-electron chi connectivity index (χ1n) is 12.1. The topological polar surface area (TPSA) is 144 Å². The van der Waals surface area contributed by atoms with Gasteiger partial charge in [0.15, 0.2) is 5.58 Å². The van der Waals surface area contributed by atoms with Crippen LogP contribution in [0.5, 0.6) is 0 Å². The number of oxazole rings is 1. The maximum Gasteiger partial charge on any atom is 0.269 e. The second-order valence-corrected chi connectivity index (χ2v) is 9.07. The predicted molar refractivity (Wildman–Crippen MR) is 132 cm³/mol. The third kappa shape index (κ3) is 5.27. The summed E-state index contributed by atoms with van der Waals surface area (Å²) in [5.41, 5.74) is -0.0594. The van der Waals surface area contributed by atoms with Gasteiger partial charge >= 0.3 is 0 Å². The molecule has 2 amide bonds. The number of para-hydroxylation sites is 2. The van der Waals surface area contributed by atoms with Crippen molar-refractivity contribution in [1.29, 1.82) is 0 Å². The van der Waals surface area contributed by atoms with Crippen LogP contribution in [0.2, 0.25) is 0 Å². The SMILES string of the molecule is CCC[C@H](NC(=O)C1(NC(=O)c2ccc([N+](=O)[O-])cc2)CCCCC1)C(=O)c1nc2ccccc2o1. The maximum atomic E-state index is 13.6. The molecule has 0 bridgehead atoms. The van der Waals surface area contributed by atoms with Crippen LogP contribution >= 0.6 is 0 Å². The molecule has 36 heavy (non-hydrogen) atoms. The van der Waals surface area contributed by atoms with Gasteiger partial charge in [-0.15, -0.1) is 0 Å². The molecule has 2 aromatic carbocycles. The summed E-state index contributed by atoms with van der Waals surface area (Å²) in [7, 11) is 0. The molecule has 0 unspecified atom stereocenters. The van der Waals surface area contributed by atoms with E-state index < -0.39 is 34.1 Å². The Morgan fingerprint density at radius 3 is 2.42 bits per heavy atom. The van der Waals surface area contributed by atoms with E-state index in [1.54, 1.807) is 24.3 Å². The van der Waals surface area contributed by atoms with Gasteiger partial charge in [-0.1, -0.05) is 44.7 Å². The van der Waals surface area contributed by atoms with Crippen molar-refractivity contribution >= 4 is 34.4 Å². The number of nitro benzene ring substituents is 1. The van der Waals surface area contributed by atoms with Gasteiger partial charge in [-0.3, -0.25) is 24.5 Å². The third-order valence-corrected chi connectivity index (χ3v) is 6.54. The van der Waals surface area contributed by atoms with Crippen molar-refractivity contribution in [2.45, 2.75) is 63.5 Å². The van der Waals surface area contributed by atoms with E-state index in [2.05, 4.69) is 15.6 Å². The minimum absolute atomic E-state index is 0.0671. The van der Waals surface area contributed by atoms with E-state index in [-0.39, 0.29) is 17.1 Å². The zero-order valence-corrected chi connectivity index (χ0v) is 20.0. The lowest BCUT2D eigenvalue weighted by atomic mass is 9.80. The highest BCUT2D eigenvalue weighted by Gasteiger charge is 2.42. The van der Waals surface area contributed by atoms with Crippen LogP contribution in [-0.4, -0.2) is 39.1 Å². The standard InChI is InChI=1S/C26H28N4O6/c1-2-8-20(22(31)24-27-19-9-4-5-10-21(19)36-24)28-25(33)26(15-6-3-7-16-26)29-23(32)17-11-13-18(14-12-17)30(34)35/h4-5,9-14,20H,2-3,6-8,15-16H2,1H3,(H,28,33)(H,29,32)/t20-/m0/s1. The summed E-state index contributed by atoms with van der Waals surface area (Å²) in [6.45, 7) is 1.91. The van der Waals surface area contributed by atoms with E-state index in [4.69, 9.17) is 4.42 Å². The number of carbonyl (C=O) groups excluding carboxylic acids is 3. The molecule has 188 valence electrons. The Balaban J connectivity index is 1.54. The predicted octanol–water partition coefficient (Wildman–Crippen LogP) is 4.34. The zero-order valence-electron chi connectivity index (χ0n) is 20.0. The average Bonchev–Trinajstić information content (AvgIpc) is 3.33. The van der Waals surface area contributed by atoms with Crippen molar-refractivity contribution in [3.8, 4) is 0 Å². The molecular formula is C26H28N4O6. The Kier molecular flexibility index (Phi) is 7.42. The minimum Gasteiger partial charge on any atom is -0.434 e. The second-order valence-electron chi connectivity index (χ2n) is 9.07. The van der Waals surface area contributed by atoms with Gasteiger partial charge in [0.25, 0.3) is 17.5 Å². The molecule has 0 spiro atoms. The monoisotopic (exact) mass is 492 g/mol. The molecule has 1 aliphatic rings. The lowest BCUT2D eigenvalue weighted by Crippen LogP contribution is -2.62. The van der Waals surface area contributed by atoms with Gasteiger partial charge < -0.3 is 15.1 Å². The van der Waals surface area contributed by atoms with Gasteiger partial charge in [0.05, 0.1) is 11.0 Å². The van der Waals surface area contributed by atoms with Gasteiger partial charge in [-0.2, -0.15) is 0 Å². The highest BCUT2D eigenvalue weighted by atomic mass is 16.6. The van der Waals surface area contributed by atoms with Crippen LogP contribution in [-0.2, 0) is 4.79 Å². The number of hydrogen-bond donors (Lipinski definition) is 2. The maximum absolute atomic E-state index is 13.6. The van der Waals surface area contributed by atoms with Crippen LogP contribution in [0.1, 0.15) is 72.9 Å². The van der Waals surface area contributed by atoms with E-state index in [0.717, 1.165) is 19.3 Å². The Morgan fingerprint density at radius 1 is 1.08 bits per heavy atom. The number of aromatic nitrogens is 1. The summed E-state index contributed by atoms with van der Waals surface area (Å²) in [6.07, 6.45) is 4.29. The molecule has 1 aliphatic carbocycles. The number of amides is 2. The van der Waals surface area contributed by atoms with Crippen molar-refractivity contribution in [2.75, 3.05) is 0 Å². The second kappa shape index (κ2) is 10.7. The Bertz CT molecular complexity index is 1240. The van der Waals surface area contributed by atoms with E-state index in [1.807, 2.05) is 6.92 Å². The summed E-state index contributed by atoms with van der Waals surface area (Å²) in [6, 6.07) is 11.4. The first kappa shape index (κ1) is 25.0. The number of rotatable bonds is 9. The molecule has 1 atom stereocenters. The van der Waals surface area contributed by atoms with E-state index in [9.17, 15) is 24.5 Å². The molecule has 2 N–H and O–H groups in total. The van der Waals surface area contributed by atoms with E-state index in [1.165, 1.54) is 24.3 Å². The quantitative estimate of drug-likeness (QED) is 0.257. The number of ketones is 1. The molecule has 4 rings (SSSR count). The lowest BCUT2D eigenvalue weighted by molar-refractivity contribution is -0.384. The number of nitrogens with one attached hydrogen (secondary N) is 2. The van der Waals surface area contributed by atoms with Gasteiger partial charge in [0.1, 0.15) is 11.1 Å². The molecule has 0 aliphatic heterocycles. The van der Waals surface area contributed by atoms with Crippen molar-refractivity contribution in [3.05, 3.63) is 70.1 Å². The molecule has 0 saturated heterocycles. The molecule has 3 aromatic rings.